The van der Waals surface area contributed by atoms with E-state index in [9.17, 15) is 9.59 Å². The van der Waals surface area contributed by atoms with E-state index in [1.54, 1.807) is 23.6 Å². The topological polar surface area (TPSA) is 66.7 Å². The van der Waals surface area contributed by atoms with Gasteiger partial charge in [0.25, 0.3) is 11.8 Å². The fraction of sp³-hybridized carbons (Fsp3) is 0.421. The van der Waals surface area contributed by atoms with Crippen LogP contribution >= 0.6 is 0 Å². The number of nitrogens with zero attached hydrogens (tertiary/aromatic N) is 3. The average Bonchev–Trinajstić information content (AvgIpc) is 2.99. The van der Waals surface area contributed by atoms with Crippen LogP contribution in [0.15, 0.2) is 28.8 Å². The van der Waals surface area contributed by atoms with Crippen molar-refractivity contribution in [1.29, 1.82) is 0 Å². The molecular weight excluding hydrogens is 318 g/mol. The van der Waals surface area contributed by atoms with E-state index in [0.29, 0.717) is 48.8 Å². The van der Waals surface area contributed by atoms with Crippen molar-refractivity contribution in [2.45, 2.75) is 27.2 Å². The van der Waals surface area contributed by atoms with Crippen LogP contribution in [-0.2, 0) is 6.42 Å². The number of aryl methyl sites for hydroxylation is 3. The molecule has 0 unspecified atom stereocenters. The molecule has 6 nitrogen and oxygen atoms in total. The number of hydrogen-bond acceptors (Lipinski definition) is 4. The Hall–Kier alpha value is -2.63. The van der Waals surface area contributed by atoms with E-state index in [-0.39, 0.29) is 11.8 Å². The summed E-state index contributed by atoms with van der Waals surface area (Å²) in [6, 6.07) is 7.74. The van der Waals surface area contributed by atoms with Crippen LogP contribution in [0.5, 0.6) is 0 Å². The molecule has 6 heteroatoms. The molecule has 1 fully saturated rings. The maximum absolute atomic E-state index is 12.6. The summed E-state index contributed by atoms with van der Waals surface area (Å²) in [6.45, 7) is 7.69. The lowest BCUT2D eigenvalue weighted by atomic mass is 10.1. The van der Waals surface area contributed by atoms with E-state index in [1.165, 1.54) is 5.56 Å². The zero-order chi connectivity index (χ0) is 18.0. The Morgan fingerprint density at radius 3 is 2.04 bits per heavy atom. The van der Waals surface area contributed by atoms with Crippen LogP contribution in [0.25, 0.3) is 0 Å². The second-order valence-electron chi connectivity index (χ2n) is 6.33. The van der Waals surface area contributed by atoms with Crippen LogP contribution in [0.1, 0.15) is 44.7 Å². The van der Waals surface area contributed by atoms with E-state index in [1.807, 2.05) is 24.3 Å². The predicted molar refractivity (Wildman–Crippen MR) is 93.6 cm³/mol. The number of carbonyl (C=O) groups is 2. The van der Waals surface area contributed by atoms with Gasteiger partial charge in [0.2, 0.25) is 0 Å². The van der Waals surface area contributed by atoms with Gasteiger partial charge in [-0.3, -0.25) is 9.59 Å². The maximum Gasteiger partial charge on any atom is 0.259 e. The zero-order valence-corrected chi connectivity index (χ0v) is 14.9. The fourth-order valence-corrected chi connectivity index (χ4v) is 3.12. The molecular formula is C19H23N3O3. The Morgan fingerprint density at radius 1 is 1.00 bits per heavy atom. The number of piperazine rings is 1. The highest BCUT2D eigenvalue weighted by molar-refractivity contribution is 5.97. The van der Waals surface area contributed by atoms with E-state index in [2.05, 4.69) is 12.1 Å². The molecule has 0 radical (unpaired) electrons. The van der Waals surface area contributed by atoms with Crippen LogP contribution in [0.3, 0.4) is 0 Å². The first-order valence-electron chi connectivity index (χ1n) is 8.61. The molecule has 1 saturated heterocycles. The lowest BCUT2D eigenvalue weighted by Gasteiger charge is -2.34. The second kappa shape index (κ2) is 7.09. The molecule has 2 amide bonds. The summed E-state index contributed by atoms with van der Waals surface area (Å²) < 4.78 is 5.08. The number of benzene rings is 1. The Bertz CT molecular complexity index is 752. The minimum atomic E-state index is -0.0735. The summed E-state index contributed by atoms with van der Waals surface area (Å²) in [7, 11) is 0. The molecule has 0 atom stereocenters. The van der Waals surface area contributed by atoms with Gasteiger partial charge in [0, 0.05) is 31.7 Å². The molecule has 1 aliphatic rings. The van der Waals surface area contributed by atoms with Gasteiger partial charge in [0.1, 0.15) is 11.3 Å². The van der Waals surface area contributed by atoms with Crippen molar-refractivity contribution in [3.05, 3.63) is 52.4 Å². The summed E-state index contributed by atoms with van der Waals surface area (Å²) in [5.41, 5.74) is 3.06. The van der Waals surface area contributed by atoms with Crippen molar-refractivity contribution in [3.63, 3.8) is 0 Å². The number of carbonyl (C=O) groups excluding carboxylic acids is 2. The molecule has 0 N–H and O–H groups in total. The minimum absolute atomic E-state index is 0.0205. The average molecular weight is 341 g/mol. The van der Waals surface area contributed by atoms with Crippen LogP contribution in [-0.4, -0.2) is 52.9 Å². The molecule has 2 heterocycles. The van der Waals surface area contributed by atoms with E-state index in [0.717, 1.165) is 6.42 Å². The highest BCUT2D eigenvalue weighted by Gasteiger charge is 2.28. The van der Waals surface area contributed by atoms with Crippen LogP contribution in [0, 0.1) is 13.8 Å². The van der Waals surface area contributed by atoms with Crippen molar-refractivity contribution < 1.29 is 14.1 Å². The van der Waals surface area contributed by atoms with Gasteiger partial charge in [0.05, 0.1) is 5.69 Å². The molecule has 1 aliphatic heterocycles. The molecule has 0 bridgehead atoms. The van der Waals surface area contributed by atoms with Crippen molar-refractivity contribution in [1.82, 2.24) is 15.0 Å². The van der Waals surface area contributed by atoms with Crippen molar-refractivity contribution >= 4 is 11.8 Å². The predicted octanol–water partition coefficient (Wildman–Crippen LogP) is 2.45. The minimum Gasteiger partial charge on any atom is -0.361 e. The summed E-state index contributed by atoms with van der Waals surface area (Å²) >= 11 is 0. The summed E-state index contributed by atoms with van der Waals surface area (Å²) in [4.78, 5) is 28.8. The quantitative estimate of drug-likeness (QED) is 0.860. The highest BCUT2D eigenvalue weighted by atomic mass is 16.5. The Morgan fingerprint density at radius 2 is 1.56 bits per heavy atom. The van der Waals surface area contributed by atoms with E-state index >= 15 is 0 Å². The molecule has 1 aromatic heterocycles. The van der Waals surface area contributed by atoms with E-state index in [4.69, 9.17) is 4.52 Å². The van der Waals surface area contributed by atoms with Crippen molar-refractivity contribution in [3.8, 4) is 0 Å². The second-order valence-corrected chi connectivity index (χ2v) is 6.33. The van der Waals surface area contributed by atoms with Gasteiger partial charge in [-0.2, -0.15) is 0 Å². The summed E-state index contributed by atoms with van der Waals surface area (Å²) in [5.74, 6) is 0.486. The molecule has 2 aromatic rings. The van der Waals surface area contributed by atoms with Crippen LogP contribution in [0.4, 0.5) is 0 Å². The normalized spacial score (nSPS) is 14.7. The molecule has 0 saturated carbocycles. The van der Waals surface area contributed by atoms with Gasteiger partial charge in [-0.05, 0) is 38.0 Å². The number of hydrogen-bond donors (Lipinski definition) is 0. The molecule has 0 aliphatic carbocycles. The van der Waals surface area contributed by atoms with Gasteiger partial charge in [-0.1, -0.05) is 24.2 Å². The maximum atomic E-state index is 12.6. The van der Waals surface area contributed by atoms with Crippen molar-refractivity contribution in [2.24, 2.45) is 0 Å². The molecule has 0 spiro atoms. The Kier molecular flexibility index (Phi) is 4.88. The largest absolute Gasteiger partial charge is 0.361 e. The molecule has 1 aromatic carbocycles. The SMILES string of the molecule is CCc1ccc(C(=O)N2CCN(C(=O)c3c(C)noc3C)CC2)cc1. The molecule has 132 valence electrons. The number of aromatic nitrogens is 1. The van der Waals surface area contributed by atoms with Crippen LogP contribution in [0.2, 0.25) is 0 Å². The lowest BCUT2D eigenvalue weighted by Crippen LogP contribution is -2.50. The third-order valence-electron chi connectivity index (χ3n) is 4.71. The Labute approximate surface area is 147 Å². The first kappa shape index (κ1) is 17.2. The van der Waals surface area contributed by atoms with Crippen molar-refractivity contribution in [2.75, 3.05) is 26.2 Å². The summed E-state index contributed by atoms with van der Waals surface area (Å²) in [6.07, 6.45) is 0.955. The third kappa shape index (κ3) is 3.43. The zero-order valence-electron chi connectivity index (χ0n) is 14.9. The first-order valence-corrected chi connectivity index (χ1v) is 8.61. The number of rotatable bonds is 3. The molecule has 3 rings (SSSR count). The monoisotopic (exact) mass is 341 g/mol. The smallest absolute Gasteiger partial charge is 0.259 e. The first-order chi connectivity index (χ1) is 12.0. The third-order valence-corrected chi connectivity index (χ3v) is 4.71. The summed E-state index contributed by atoms with van der Waals surface area (Å²) in [5, 5.41) is 3.84. The lowest BCUT2D eigenvalue weighted by molar-refractivity contribution is 0.0534. The van der Waals surface area contributed by atoms with Gasteiger partial charge < -0.3 is 14.3 Å². The van der Waals surface area contributed by atoms with Crippen LogP contribution < -0.4 is 0 Å². The van der Waals surface area contributed by atoms with Gasteiger partial charge in [-0.25, -0.2) is 0 Å². The van der Waals surface area contributed by atoms with E-state index < -0.39 is 0 Å². The standard InChI is InChI=1S/C19H23N3O3/c1-4-15-5-7-16(8-6-15)18(23)21-9-11-22(12-10-21)19(24)17-13(2)20-25-14(17)3/h5-8H,4,9-12H2,1-3H3. The van der Waals surface area contributed by atoms with Gasteiger partial charge in [-0.15, -0.1) is 0 Å². The fourth-order valence-electron chi connectivity index (χ4n) is 3.12. The van der Waals surface area contributed by atoms with Gasteiger partial charge in [0.15, 0.2) is 0 Å². The Balaban J connectivity index is 1.63. The highest BCUT2D eigenvalue weighted by Crippen LogP contribution is 2.17. The number of amides is 2. The van der Waals surface area contributed by atoms with Gasteiger partial charge >= 0.3 is 0 Å². The molecule has 25 heavy (non-hydrogen) atoms.